The topological polar surface area (TPSA) is 42.9 Å². The summed E-state index contributed by atoms with van der Waals surface area (Å²) in [6.45, 7) is 0. The lowest BCUT2D eigenvalue weighted by molar-refractivity contribution is 0.103. The Balaban J connectivity index is 2.21. The molecule has 1 aromatic heterocycles. The van der Waals surface area contributed by atoms with E-state index in [1.807, 2.05) is 0 Å². The Hall–Kier alpha value is -2.69. The van der Waals surface area contributed by atoms with Gasteiger partial charge < -0.3 is 0 Å². The standard InChI is InChI=1S/C15H8F2N2O/c16-11-5-1-3-9(13(11)17)15(20)10-4-2-6-12-14(10)19-8-7-18-12/h1-8H. The van der Waals surface area contributed by atoms with E-state index >= 15 is 0 Å². The van der Waals surface area contributed by atoms with Crippen molar-refractivity contribution in [2.75, 3.05) is 0 Å². The van der Waals surface area contributed by atoms with E-state index in [1.54, 1.807) is 12.1 Å². The highest BCUT2D eigenvalue weighted by Crippen LogP contribution is 2.20. The van der Waals surface area contributed by atoms with Crippen LogP contribution in [-0.4, -0.2) is 15.8 Å². The van der Waals surface area contributed by atoms with Crippen molar-refractivity contribution in [2.45, 2.75) is 0 Å². The van der Waals surface area contributed by atoms with Crippen molar-refractivity contribution in [3.8, 4) is 0 Å². The minimum atomic E-state index is -1.15. The van der Waals surface area contributed by atoms with Crippen molar-refractivity contribution < 1.29 is 13.6 Å². The predicted octanol–water partition coefficient (Wildman–Crippen LogP) is 3.14. The zero-order valence-electron chi connectivity index (χ0n) is 10.2. The van der Waals surface area contributed by atoms with Gasteiger partial charge in [0.2, 0.25) is 0 Å². The fourth-order valence-electron chi connectivity index (χ4n) is 2.00. The van der Waals surface area contributed by atoms with Crippen LogP contribution in [0.3, 0.4) is 0 Å². The molecule has 0 amide bonds. The van der Waals surface area contributed by atoms with E-state index in [4.69, 9.17) is 0 Å². The highest BCUT2D eigenvalue weighted by molar-refractivity contribution is 6.15. The summed E-state index contributed by atoms with van der Waals surface area (Å²) < 4.78 is 26.9. The first-order valence-electron chi connectivity index (χ1n) is 5.87. The molecule has 0 bridgehead atoms. The Bertz CT molecular complexity index is 813. The highest BCUT2D eigenvalue weighted by Gasteiger charge is 2.19. The second-order valence-corrected chi connectivity index (χ2v) is 4.16. The monoisotopic (exact) mass is 270 g/mol. The van der Waals surface area contributed by atoms with E-state index in [1.165, 1.54) is 30.6 Å². The average Bonchev–Trinajstić information content (AvgIpc) is 2.49. The number of hydrogen-bond donors (Lipinski definition) is 0. The zero-order chi connectivity index (χ0) is 14.1. The number of para-hydroxylation sites is 1. The molecule has 0 N–H and O–H groups in total. The second kappa shape index (κ2) is 4.77. The molecule has 0 fully saturated rings. The van der Waals surface area contributed by atoms with Crippen molar-refractivity contribution in [1.82, 2.24) is 9.97 Å². The summed E-state index contributed by atoms with van der Waals surface area (Å²) in [5.74, 6) is -2.83. The average molecular weight is 270 g/mol. The Labute approximate surface area is 112 Å². The Kier molecular flexibility index (Phi) is 2.95. The van der Waals surface area contributed by atoms with Gasteiger partial charge in [-0.3, -0.25) is 14.8 Å². The lowest BCUT2D eigenvalue weighted by Gasteiger charge is -2.05. The van der Waals surface area contributed by atoms with Gasteiger partial charge in [-0.15, -0.1) is 0 Å². The largest absolute Gasteiger partial charge is 0.288 e. The van der Waals surface area contributed by atoms with Crippen molar-refractivity contribution >= 4 is 16.8 Å². The quantitative estimate of drug-likeness (QED) is 0.672. The molecule has 0 spiro atoms. The number of rotatable bonds is 2. The fraction of sp³-hybridized carbons (Fsp3) is 0. The van der Waals surface area contributed by atoms with Gasteiger partial charge in [0, 0.05) is 12.4 Å². The molecule has 0 saturated carbocycles. The normalized spacial score (nSPS) is 10.7. The summed E-state index contributed by atoms with van der Waals surface area (Å²) >= 11 is 0. The van der Waals surface area contributed by atoms with Gasteiger partial charge in [0.15, 0.2) is 17.4 Å². The van der Waals surface area contributed by atoms with Crippen LogP contribution >= 0.6 is 0 Å². The Morgan fingerprint density at radius 3 is 2.45 bits per heavy atom. The number of fused-ring (bicyclic) bond motifs is 1. The number of nitrogens with zero attached hydrogens (tertiary/aromatic N) is 2. The molecule has 3 rings (SSSR count). The summed E-state index contributed by atoms with van der Waals surface area (Å²) in [6.07, 6.45) is 2.94. The summed E-state index contributed by atoms with van der Waals surface area (Å²) in [6, 6.07) is 8.35. The van der Waals surface area contributed by atoms with Crippen molar-refractivity contribution in [2.24, 2.45) is 0 Å². The van der Waals surface area contributed by atoms with Gasteiger partial charge in [0.05, 0.1) is 22.2 Å². The molecule has 0 aliphatic rings. The maximum Gasteiger partial charge on any atom is 0.198 e. The summed E-state index contributed by atoms with van der Waals surface area (Å²) in [7, 11) is 0. The maximum absolute atomic E-state index is 13.7. The molecule has 20 heavy (non-hydrogen) atoms. The molecule has 0 unspecified atom stereocenters. The van der Waals surface area contributed by atoms with Crippen LogP contribution in [0, 0.1) is 11.6 Å². The number of halogens is 2. The van der Waals surface area contributed by atoms with Crippen molar-refractivity contribution in [1.29, 1.82) is 0 Å². The number of carbonyl (C=O) groups is 1. The van der Waals surface area contributed by atoms with Crippen LogP contribution in [-0.2, 0) is 0 Å². The molecule has 0 radical (unpaired) electrons. The summed E-state index contributed by atoms with van der Waals surface area (Å²) in [5.41, 5.74) is 0.766. The van der Waals surface area contributed by atoms with E-state index in [2.05, 4.69) is 9.97 Å². The third kappa shape index (κ3) is 1.93. The summed E-state index contributed by atoms with van der Waals surface area (Å²) in [4.78, 5) is 20.5. The van der Waals surface area contributed by atoms with Crippen LogP contribution in [0.4, 0.5) is 8.78 Å². The molecule has 3 nitrogen and oxygen atoms in total. The molecular formula is C15H8F2N2O. The van der Waals surface area contributed by atoms with E-state index in [-0.39, 0.29) is 11.1 Å². The van der Waals surface area contributed by atoms with Crippen LogP contribution in [0.5, 0.6) is 0 Å². The van der Waals surface area contributed by atoms with Gasteiger partial charge in [-0.05, 0) is 24.3 Å². The SMILES string of the molecule is O=C(c1cccc(F)c1F)c1cccc2nccnc12. The maximum atomic E-state index is 13.7. The first kappa shape index (κ1) is 12.3. The van der Waals surface area contributed by atoms with Gasteiger partial charge in [-0.2, -0.15) is 0 Å². The minimum absolute atomic E-state index is 0.195. The van der Waals surface area contributed by atoms with Gasteiger partial charge >= 0.3 is 0 Å². The zero-order valence-corrected chi connectivity index (χ0v) is 10.2. The third-order valence-electron chi connectivity index (χ3n) is 2.94. The first-order chi connectivity index (χ1) is 9.68. The smallest absolute Gasteiger partial charge is 0.198 e. The van der Waals surface area contributed by atoms with Gasteiger partial charge in [-0.25, -0.2) is 8.78 Å². The Morgan fingerprint density at radius 2 is 1.60 bits per heavy atom. The van der Waals surface area contributed by atoms with Gasteiger partial charge in [0.1, 0.15) is 0 Å². The van der Waals surface area contributed by atoms with Gasteiger partial charge in [-0.1, -0.05) is 12.1 Å². The molecule has 1 heterocycles. The molecule has 0 aliphatic heterocycles. The number of aromatic nitrogens is 2. The predicted molar refractivity (Wildman–Crippen MR) is 69.3 cm³/mol. The molecule has 0 saturated heterocycles. The van der Waals surface area contributed by atoms with Gasteiger partial charge in [0.25, 0.3) is 0 Å². The second-order valence-electron chi connectivity index (χ2n) is 4.16. The van der Waals surface area contributed by atoms with E-state index in [0.717, 1.165) is 6.07 Å². The molecule has 5 heteroatoms. The van der Waals surface area contributed by atoms with Crippen LogP contribution < -0.4 is 0 Å². The van der Waals surface area contributed by atoms with Crippen LogP contribution in [0.2, 0.25) is 0 Å². The Morgan fingerprint density at radius 1 is 0.900 bits per heavy atom. The van der Waals surface area contributed by atoms with Crippen LogP contribution in [0.25, 0.3) is 11.0 Å². The lowest BCUT2D eigenvalue weighted by atomic mass is 10.0. The molecule has 0 atom stereocenters. The fourth-order valence-corrected chi connectivity index (χ4v) is 2.00. The third-order valence-corrected chi connectivity index (χ3v) is 2.94. The molecule has 0 aliphatic carbocycles. The lowest BCUT2D eigenvalue weighted by Crippen LogP contribution is -2.07. The number of ketones is 1. The number of hydrogen-bond acceptors (Lipinski definition) is 3. The minimum Gasteiger partial charge on any atom is -0.288 e. The van der Waals surface area contributed by atoms with E-state index < -0.39 is 17.4 Å². The van der Waals surface area contributed by atoms with E-state index in [0.29, 0.717) is 11.0 Å². The first-order valence-corrected chi connectivity index (χ1v) is 5.87. The highest BCUT2D eigenvalue weighted by atomic mass is 19.2. The van der Waals surface area contributed by atoms with E-state index in [9.17, 15) is 13.6 Å². The van der Waals surface area contributed by atoms with Crippen molar-refractivity contribution in [3.05, 3.63) is 71.6 Å². The molecular weight excluding hydrogens is 262 g/mol. The van der Waals surface area contributed by atoms with Crippen LogP contribution in [0.15, 0.2) is 48.8 Å². The number of carbonyl (C=O) groups excluding carboxylic acids is 1. The van der Waals surface area contributed by atoms with Crippen LogP contribution in [0.1, 0.15) is 15.9 Å². The molecule has 2 aromatic carbocycles. The van der Waals surface area contributed by atoms with Crippen molar-refractivity contribution in [3.63, 3.8) is 0 Å². The number of benzene rings is 2. The molecule has 98 valence electrons. The summed E-state index contributed by atoms with van der Waals surface area (Å²) in [5, 5.41) is 0. The molecule has 3 aromatic rings.